The summed E-state index contributed by atoms with van der Waals surface area (Å²) >= 11 is 0. The highest BCUT2D eigenvalue weighted by molar-refractivity contribution is 5.79. The van der Waals surface area contributed by atoms with Gasteiger partial charge in [-0.05, 0) is 31.1 Å². The lowest BCUT2D eigenvalue weighted by Gasteiger charge is -2.26. The summed E-state index contributed by atoms with van der Waals surface area (Å²) in [5, 5.41) is 3.25. The number of hydrogen-bond donors (Lipinski definition) is 2. The minimum absolute atomic E-state index is 0.0135. The number of carbonyl (C=O) groups is 1. The molecular formula is C15H30N2O. The molecule has 3 heteroatoms. The van der Waals surface area contributed by atoms with Gasteiger partial charge in [0.05, 0.1) is 5.92 Å². The van der Waals surface area contributed by atoms with Crippen molar-refractivity contribution in [3.05, 3.63) is 0 Å². The second kappa shape index (κ2) is 7.78. The van der Waals surface area contributed by atoms with Gasteiger partial charge >= 0.3 is 0 Å². The highest BCUT2D eigenvalue weighted by atomic mass is 16.1. The van der Waals surface area contributed by atoms with Gasteiger partial charge in [-0.2, -0.15) is 0 Å². The average Bonchev–Trinajstić information content (AvgIpc) is 2.51. The van der Waals surface area contributed by atoms with Crippen molar-refractivity contribution in [2.75, 3.05) is 6.54 Å². The topological polar surface area (TPSA) is 55.1 Å². The van der Waals surface area contributed by atoms with E-state index in [1.54, 1.807) is 0 Å². The van der Waals surface area contributed by atoms with Gasteiger partial charge in [0.15, 0.2) is 0 Å². The summed E-state index contributed by atoms with van der Waals surface area (Å²) in [6.45, 7) is 7.01. The molecule has 0 spiro atoms. The summed E-state index contributed by atoms with van der Waals surface area (Å²) in [4.78, 5) is 12.2. The first-order chi connectivity index (χ1) is 8.54. The Morgan fingerprint density at radius 2 is 1.94 bits per heavy atom. The number of carbonyl (C=O) groups excluding carboxylic acids is 1. The van der Waals surface area contributed by atoms with Crippen molar-refractivity contribution in [2.24, 2.45) is 23.5 Å². The zero-order valence-corrected chi connectivity index (χ0v) is 12.2. The van der Waals surface area contributed by atoms with Crippen LogP contribution in [0.25, 0.3) is 0 Å². The number of nitrogens with one attached hydrogen (secondary N) is 1. The van der Waals surface area contributed by atoms with E-state index in [0.29, 0.717) is 24.4 Å². The highest BCUT2D eigenvalue weighted by Crippen LogP contribution is 2.23. The number of hydrogen-bond acceptors (Lipinski definition) is 2. The molecule has 1 fully saturated rings. The smallest absolute Gasteiger partial charge is 0.224 e. The largest absolute Gasteiger partial charge is 0.353 e. The zero-order valence-electron chi connectivity index (χ0n) is 12.2. The summed E-state index contributed by atoms with van der Waals surface area (Å²) < 4.78 is 0. The van der Waals surface area contributed by atoms with Crippen LogP contribution in [0.4, 0.5) is 0 Å². The Kier molecular flexibility index (Phi) is 6.69. The van der Waals surface area contributed by atoms with Gasteiger partial charge in [0, 0.05) is 12.6 Å². The van der Waals surface area contributed by atoms with E-state index in [1.165, 1.54) is 25.7 Å². The lowest BCUT2D eigenvalue weighted by molar-refractivity contribution is -0.126. The monoisotopic (exact) mass is 254 g/mol. The van der Waals surface area contributed by atoms with Gasteiger partial charge < -0.3 is 11.1 Å². The van der Waals surface area contributed by atoms with Crippen LogP contribution in [0, 0.1) is 17.8 Å². The molecule has 1 rings (SSSR count). The minimum Gasteiger partial charge on any atom is -0.353 e. The summed E-state index contributed by atoms with van der Waals surface area (Å²) in [6, 6.07) is 0.362. The SMILES string of the molecule is CC(C)CC(CN)C(=O)NC1CCCCCC1C. The molecule has 3 unspecified atom stereocenters. The van der Waals surface area contributed by atoms with Crippen molar-refractivity contribution in [1.29, 1.82) is 0 Å². The maximum absolute atomic E-state index is 12.2. The van der Waals surface area contributed by atoms with Crippen LogP contribution in [0.3, 0.4) is 0 Å². The fraction of sp³-hybridized carbons (Fsp3) is 0.933. The summed E-state index contributed by atoms with van der Waals surface area (Å²) in [6.07, 6.45) is 7.12. The Hall–Kier alpha value is -0.570. The predicted molar refractivity (Wildman–Crippen MR) is 76.2 cm³/mol. The molecule has 3 N–H and O–H groups in total. The molecule has 1 aliphatic carbocycles. The van der Waals surface area contributed by atoms with Crippen molar-refractivity contribution in [3.8, 4) is 0 Å². The fourth-order valence-electron chi connectivity index (χ4n) is 2.89. The molecule has 3 atom stereocenters. The van der Waals surface area contributed by atoms with E-state index in [-0.39, 0.29) is 11.8 Å². The molecule has 0 radical (unpaired) electrons. The van der Waals surface area contributed by atoms with Crippen LogP contribution in [0.1, 0.15) is 59.3 Å². The van der Waals surface area contributed by atoms with Gasteiger partial charge in [0.1, 0.15) is 0 Å². The van der Waals surface area contributed by atoms with Gasteiger partial charge in [-0.15, -0.1) is 0 Å². The third-order valence-corrected chi connectivity index (χ3v) is 4.10. The van der Waals surface area contributed by atoms with Gasteiger partial charge in [0.25, 0.3) is 0 Å². The Labute approximate surface area is 112 Å². The molecule has 1 saturated carbocycles. The standard InChI is InChI=1S/C15H30N2O/c1-11(2)9-13(10-16)15(18)17-14-8-6-4-5-7-12(14)3/h11-14H,4-10,16H2,1-3H3,(H,17,18). The third kappa shape index (κ3) is 4.97. The summed E-state index contributed by atoms with van der Waals surface area (Å²) in [5.41, 5.74) is 5.73. The van der Waals surface area contributed by atoms with E-state index in [1.807, 2.05) is 0 Å². The van der Waals surface area contributed by atoms with Crippen LogP contribution in [-0.2, 0) is 4.79 Å². The van der Waals surface area contributed by atoms with Gasteiger partial charge in [0.2, 0.25) is 5.91 Å². The third-order valence-electron chi connectivity index (χ3n) is 4.10. The van der Waals surface area contributed by atoms with E-state index in [9.17, 15) is 4.79 Å². The Bertz CT molecular complexity index is 253. The molecule has 1 amide bonds. The van der Waals surface area contributed by atoms with Crippen molar-refractivity contribution in [1.82, 2.24) is 5.32 Å². The Morgan fingerprint density at radius 3 is 2.56 bits per heavy atom. The van der Waals surface area contributed by atoms with Crippen LogP contribution in [0.15, 0.2) is 0 Å². The maximum atomic E-state index is 12.2. The van der Waals surface area contributed by atoms with Crippen LogP contribution in [-0.4, -0.2) is 18.5 Å². The molecule has 1 aliphatic rings. The van der Waals surface area contributed by atoms with Crippen LogP contribution >= 0.6 is 0 Å². The van der Waals surface area contributed by atoms with Crippen molar-refractivity contribution in [3.63, 3.8) is 0 Å². The van der Waals surface area contributed by atoms with Gasteiger partial charge in [-0.3, -0.25) is 4.79 Å². The van der Waals surface area contributed by atoms with E-state index in [4.69, 9.17) is 5.73 Å². The molecule has 0 aromatic heterocycles. The number of rotatable bonds is 5. The van der Waals surface area contributed by atoms with E-state index < -0.39 is 0 Å². The first kappa shape index (κ1) is 15.5. The fourth-order valence-corrected chi connectivity index (χ4v) is 2.89. The molecule has 0 heterocycles. The highest BCUT2D eigenvalue weighted by Gasteiger charge is 2.25. The average molecular weight is 254 g/mol. The van der Waals surface area contributed by atoms with Gasteiger partial charge in [-0.25, -0.2) is 0 Å². The molecule has 0 aromatic carbocycles. The zero-order chi connectivity index (χ0) is 13.5. The van der Waals surface area contributed by atoms with Crippen molar-refractivity contribution >= 4 is 5.91 Å². The maximum Gasteiger partial charge on any atom is 0.224 e. The van der Waals surface area contributed by atoms with Crippen LogP contribution in [0.2, 0.25) is 0 Å². The second-order valence-corrected chi connectivity index (χ2v) is 6.29. The number of nitrogens with two attached hydrogens (primary N) is 1. The van der Waals surface area contributed by atoms with Crippen molar-refractivity contribution < 1.29 is 4.79 Å². The first-order valence-corrected chi connectivity index (χ1v) is 7.55. The normalized spacial score (nSPS) is 26.7. The summed E-state index contributed by atoms with van der Waals surface area (Å²) in [5.74, 6) is 1.29. The van der Waals surface area contributed by atoms with E-state index in [2.05, 4.69) is 26.1 Å². The van der Waals surface area contributed by atoms with E-state index >= 15 is 0 Å². The molecule has 0 bridgehead atoms. The first-order valence-electron chi connectivity index (χ1n) is 7.55. The quantitative estimate of drug-likeness (QED) is 0.741. The molecule has 0 saturated heterocycles. The van der Waals surface area contributed by atoms with Crippen LogP contribution < -0.4 is 11.1 Å². The van der Waals surface area contributed by atoms with Gasteiger partial charge in [-0.1, -0.05) is 40.0 Å². The van der Waals surface area contributed by atoms with Crippen molar-refractivity contribution in [2.45, 2.75) is 65.3 Å². The van der Waals surface area contributed by atoms with Crippen LogP contribution in [0.5, 0.6) is 0 Å². The molecule has 0 aliphatic heterocycles. The lowest BCUT2D eigenvalue weighted by atomic mass is 9.93. The Morgan fingerprint density at radius 1 is 1.28 bits per heavy atom. The number of amides is 1. The molecule has 3 nitrogen and oxygen atoms in total. The molecule has 106 valence electrons. The minimum atomic E-state index is -0.0135. The second-order valence-electron chi connectivity index (χ2n) is 6.29. The van der Waals surface area contributed by atoms with E-state index in [0.717, 1.165) is 12.8 Å². The molecular weight excluding hydrogens is 224 g/mol. The summed E-state index contributed by atoms with van der Waals surface area (Å²) in [7, 11) is 0. The Balaban J connectivity index is 2.50. The lowest BCUT2D eigenvalue weighted by Crippen LogP contribution is -2.44. The molecule has 0 aromatic rings. The predicted octanol–water partition coefficient (Wildman–Crippen LogP) is 2.69. The molecule has 18 heavy (non-hydrogen) atoms.